The first-order valence-electron chi connectivity index (χ1n) is 7.95. The molecule has 2 heterocycles. The number of aromatic nitrogens is 2. The molecule has 9 heteroatoms. The second-order valence-electron chi connectivity index (χ2n) is 5.85. The van der Waals surface area contributed by atoms with Crippen molar-refractivity contribution in [3.8, 4) is 5.69 Å². The monoisotopic (exact) mass is 408 g/mol. The second-order valence-corrected chi connectivity index (χ2v) is 7.46. The number of ether oxygens (including phenoxy) is 1. The number of halogens is 3. The molecular weight excluding hydrogens is 398 g/mol. The Morgan fingerprint density at radius 1 is 1.19 bits per heavy atom. The summed E-state index contributed by atoms with van der Waals surface area (Å²) in [5.74, 6) is -2.11. The lowest BCUT2D eigenvalue weighted by atomic mass is 10.2. The van der Waals surface area contributed by atoms with Crippen molar-refractivity contribution in [1.82, 2.24) is 9.55 Å². The van der Waals surface area contributed by atoms with Gasteiger partial charge in [-0.05, 0) is 30.3 Å². The molecule has 3 aromatic rings. The van der Waals surface area contributed by atoms with Crippen molar-refractivity contribution in [3.05, 3.63) is 63.4 Å². The van der Waals surface area contributed by atoms with Gasteiger partial charge in [-0.25, -0.2) is 13.8 Å². The van der Waals surface area contributed by atoms with Crippen LogP contribution in [0.15, 0.2) is 46.3 Å². The smallest absolute Gasteiger partial charge is 0.319 e. The lowest BCUT2D eigenvalue weighted by Crippen LogP contribution is -2.24. The maximum atomic E-state index is 14.4. The van der Waals surface area contributed by atoms with Gasteiger partial charge in [-0.15, -0.1) is 0 Å². The minimum atomic E-state index is -0.920. The van der Waals surface area contributed by atoms with Crippen molar-refractivity contribution in [2.45, 2.75) is 16.8 Å². The van der Waals surface area contributed by atoms with Gasteiger partial charge in [0.25, 0.3) is 5.56 Å². The number of rotatable bonds is 3. The van der Waals surface area contributed by atoms with Gasteiger partial charge in [0, 0.05) is 17.5 Å². The minimum Gasteiger partial charge on any atom is -0.465 e. The zero-order chi connectivity index (χ0) is 19.1. The summed E-state index contributed by atoms with van der Waals surface area (Å²) in [6, 6.07) is 7.47. The van der Waals surface area contributed by atoms with Gasteiger partial charge in [0.05, 0.1) is 23.2 Å². The summed E-state index contributed by atoms with van der Waals surface area (Å²) >= 11 is 6.98. The van der Waals surface area contributed by atoms with E-state index in [9.17, 15) is 18.4 Å². The second kappa shape index (κ2) is 6.94. The van der Waals surface area contributed by atoms with Crippen LogP contribution in [0.1, 0.15) is 6.42 Å². The standard InChI is InChI=1S/C18H11ClF2N2O3S/c19-9-1-3-13-11(7-9)16(24)23(14-4-2-10(20)8-12(14)21)18(22-13)27-15-5-6-26-17(15)25/h1-4,7-8,15H,5-6H2/t15-/m0/s1. The Kier molecular flexibility index (Phi) is 4.61. The van der Waals surface area contributed by atoms with E-state index in [4.69, 9.17) is 16.3 Å². The molecule has 1 atom stereocenters. The van der Waals surface area contributed by atoms with Crippen LogP contribution in [-0.4, -0.2) is 27.4 Å². The number of carbonyl (C=O) groups excluding carboxylic acids is 1. The van der Waals surface area contributed by atoms with Gasteiger partial charge >= 0.3 is 5.97 Å². The van der Waals surface area contributed by atoms with Crippen molar-refractivity contribution < 1.29 is 18.3 Å². The first-order valence-corrected chi connectivity index (χ1v) is 9.21. The summed E-state index contributed by atoms with van der Waals surface area (Å²) in [5, 5.41) is 0.0671. The molecule has 27 heavy (non-hydrogen) atoms. The van der Waals surface area contributed by atoms with Crippen LogP contribution in [0.5, 0.6) is 0 Å². The average Bonchev–Trinajstić information content (AvgIpc) is 3.02. The third kappa shape index (κ3) is 3.30. The molecule has 1 aliphatic heterocycles. The number of fused-ring (bicyclic) bond motifs is 1. The van der Waals surface area contributed by atoms with Crippen LogP contribution in [0.3, 0.4) is 0 Å². The van der Waals surface area contributed by atoms with Crippen LogP contribution in [-0.2, 0) is 9.53 Å². The largest absolute Gasteiger partial charge is 0.465 e. The predicted octanol–water partition coefficient (Wildman–Crippen LogP) is 3.72. The minimum absolute atomic E-state index is 0.115. The van der Waals surface area contributed by atoms with E-state index in [2.05, 4.69) is 4.98 Å². The number of esters is 1. The summed E-state index contributed by atoms with van der Waals surface area (Å²) < 4.78 is 33.7. The van der Waals surface area contributed by atoms with Crippen molar-refractivity contribution in [2.24, 2.45) is 0 Å². The summed E-state index contributed by atoms with van der Waals surface area (Å²) in [6.45, 7) is 0.273. The zero-order valence-corrected chi connectivity index (χ0v) is 15.2. The lowest BCUT2D eigenvalue weighted by Gasteiger charge is -2.15. The van der Waals surface area contributed by atoms with Gasteiger partial charge in [0.15, 0.2) is 5.16 Å². The van der Waals surface area contributed by atoms with E-state index in [0.29, 0.717) is 23.0 Å². The Morgan fingerprint density at radius 2 is 2.00 bits per heavy atom. The lowest BCUT2D eigenvalue weighted by molar-refractivity contribution is -0.137. The van der Waals surface area contributed by atoms with Gasteiger partial charge in [-0.2, -0.15) is 0 Å². The molecule has 4 rings (SSSR count). The van der Waals surface area contributed by atoms with Crippen molar-refractivity contribution in [3.63, 3.8) is 0 Å². The van der Waals surface area contributed by atoms with E-state index in [1.807, 2.05) is 0 Å². The van der Waals surface area contributed by atoms with E-state index in [0.717, 1.165) is 28.5 Å². The fraction of sp³-hybridized carbons (Fsp3) is 0.167. The number of nitrogens with zero attached hydrogens (tertiary/aromatic N) is 2. The molecule has 1 aromatic heterocycles. The summed E-state index contributed by atoms with van der Waals surface area (Å²) in [5.41, 5.74) is -0.372. The summed E-state index contributed by atoms with van der Waals surface area (Å²) in [7, 11) is 0. The van der Waals surface area contributed by atoms with E-state index >= 15 is 0 Å². The maximum Gasteiger partial charge on any atom is 0.319 e. The molecule has 0 spiro atoms. The normalized spacial score (nSPS) is 16.7. The Balaban J connectivity index is 1.97. The number of thioether (sulfide) groups is 1. The number of carbonyl (C=O) groups is 1. The predicted molar refractivity (Wildman–Crippen MR) is 97.5 cm³/mol. The third-order valence-electron chi connectivity index (χ3n) is 4.09. The third-order valence-corrected chi connectivity index (χ3v) is 5.52. The zero-order valence-electron chi connectivity index (χ0n) is 13.6. The van der Waals surface area contributed by atoms with E-state index in [1.165, 1.54) is 6.07 Å². The molecule has 0 bridgehead atoms. The summed E-state index contributed by atoms with van der Waals surface area (Å²) in [6.07, 6.45) is 0.448. The van der Waals surface area contributed by atoms with Crippen LogP contribution in [0, 0.1) is 11.6 Å². The highest BCUT2D eigenvalue weighted by molar-refractivity contribution is 8.00. The molecule has 0 aliphatic carbocycles. The molecule has 0 amide bonds. The molecule has 2 aromatic carbocycles. The van der Waals surface area contributed by atoms with Gasteiger partial charge in [-0.1, -0.05) is 23.4 Å². The van der Waals surface area contributed by atoms with Crippen molar-refractivity contribution in [1.29, 1.82) is 0 Å². The van der Waals surface area contributed by atoms with Crippen molar-refractivity contribution >= 4 is 40.2 Å². The van der Waals surface area contributed by atoms with Gasteiger partial charge in [0.1, 0.15) is 16.9 Å². The highest BCUT2D eigenvalue weighted by atomic mass is 35.5. The number of hydrogen-bond acceptors (Lipinski definition) is 5. The Bertz CT molecular complexity index is 1140. The molecule has 1 fully saturated rings. The highest BCUT2D eigenvalue weighted by Gasteiger charge is 2.30. The SMILES string of the molecule is O=C1OCC[C@@H]1Sc1nc2ccc(Cl)cc2c(=O)n1-c1ccc(F)cc1F. The average molecular weight is 409 g/mol. The van der Waals surface area contributed by atoms with E-state index < -0.39 is 28.4 Å². The molecular formula is C18H11ClF2N2O3S. The maximum absolute atomic E-state index is 14.4. The van der Waals surface area contributed by atoms with Crippen molar-refractivity contribution in [2.75, 3.05) is 6.61 Å². The fourth-order valence-corrected chi connectivity index (χ4v) is 4.05. The molecule has 0 unspecified atom stereocenters. The molecule has 1 aliphatic rings. The quantitative estimate of drug-likeness (QED) is 0.488. The Labute approximate surface area is 160 Å². The molecule has 138 valence electrons. The Hall–Kier alpha value is -2.45. The number of hydrogen-bond donors (Lipinski definition) is 0. The molecule has 5 nitrogen and oxygen atoms in total. The number of benzene rings is 2. The van der Waals surface area contributed by atoms with Crippen LogP contribution >= 0.6 is 23.4 Å². The molecule has 0 N–H and O–H groups in total. The fourth-order valence-electron chi connectivity index (χ4n) is 2.80. The van der Waals surface area contributed by atoms with Gasteiger partial charge in [-0.3, -0.25) is 14.2 Å². The van der Waals surface area contributed by atoms with E-state index in [-0.39, 0.29) is 22.8 Å². The van der Waals surface area contributed by atoms with Crippen LogP contribution in [0.2, 0.25) is 5.02 Å². The highest BCUT2D eigenvalue weighted by Crippen LogP contribution is 2.31. The van der Waals surface area contributed by atoms with Gasteiger partial charge in [0.2, 0.25) is 0 Å². The topological polar surface area (TPSA) is 61.2 Å². The van der Waals surface area contributed by atoms with Crippen LogP contribution in [0.25, 0.3) is 16.6 Å². The molecule has 0 saturated carbocycles. The van der Waals surface area contributed by atoms with E-state index in [1.54, 1.807) is 12.1 Å². The first kappa shape index (κ1) is 17.9. The van der Waals surface area contributed by atoms with Gasteiger partial charge < -0.3 is 4.74 Å². The molecule has 1 saturated heterocycles. The van der Waals surface area contributed by atoms with Crippen LogP contribution in [0.4, 0.5) is 8.78 Å². The number of cyclic esters (lactones) is 1. The summed E-state index contributed by atoms with van der Waals surface area (Å²) in [4.78, 5) is 29.3. The van der Waals surface area contributed by atoms with Crippen LogP contribution < -0.4 is 5.56 Å². The molecule has 0 radical (unpaired) electrons. The first-order chi connectivity index (χ1) is 12.9. The Morgan fingerprint density at radius 3 is 2.70 bits per heavy atom.